The van der Waals surface area contributed by atoms with Crippen LogP contribution < -0.4 is 10.9 Å². The highest BCUT2D eigenvalue weighted by molar-refractivity contribution is 8.00. The monoisotopic (exact) mass is 383 g/mol. The van der Waals surface area contributed by atoms with Crippen molar-refractivity contribution in [3.05, 3.63) is 20.8 Å². The van der Waals surface area contributed by atoms with Crippen molar-refractivity contribution in [1.82, 2.24) is 14.9 Å². The second-order valence-electron chi connectivity index (χ2n) is 5.87. The van der Waals surface area contributed by atoms with Crippen LogP contribution in [0.2, 0.25) is 0 Å². The Morgan fingerprint density at radius 2 is 1.92 bits per heavy atom. The Hall–Kier alpha value is -1.87. The lowest BCUT2D eigenvalue weighted by Gasteiger charge is -2.17. The predicted molar refractivity (Wildman–Crippen MR) is 99.6 cm³/mol. The largest absolute Gasteiger partial charge is 0.453 e. The average Bonchev–Trinajstić information content (AvgIpc) is 2.81. The summed E-state index contributed by atoms with van der Waals surface area (Å²) in [5, 5.41) is 2.61. The molecule has 0 fully saturated rings. The molecule has 1 N–H and O–H groups in total. The van der Waals surface area contributed by atoms with E-state index in [0.29, 0.717) is 15.4 Å². The van der Waals surface area contributed by atoms with Crippen LogP contribution in [0.4, 0.5) is 4.79 Å². The van der Waals surface area contributed by atoms with Gasteiger partial charge in [0.2, 0.25) is 5.91 Å². The number of aryl methyl sites for hydroxylation is 2. The van der Waals surface area contributed by atoms with E-state index in [1.54, 1.807) is 11.5 Å². The summed E-state index contributed by atoms with van der Waals surface area (Å²) in [7, 11) is 1.19. The quantitative estimate of drug-likeness (QED) is 0.645. The first-order chi connectivity index (χ1) is 11.7. The number of carbonyl (C=O) groups is 2. The molecule has 0 bridgehead atoms. The summed E-state index contributed by atoms with van der Waals surface area (Å²) in [6.45, 7) is 9.32. The zero-order chi connectivity index (χ0) is 18.9. The first kappa shape index (κ1) is 19.5. The molecule has 0 unspecified atom stereocenters. The van der Waals surface area contributed by atoms with Crippen molar-refractivity contribution in [2.75, 3.05) is 7.11 Å². The van der Waals surface area contributed by atoms with E-state index in [1.165, 1.54) is 18.4 Å². The van der Waals surface area contributed by atoms with Crippen molar-refractivity contribution >= 4 is 45.3 Å². The number of thioether (sulfide) groups is 1. The van der Waals surface area contributed by atoms with E-state index in [-0.39, 0.29) is 11.6 Å². The third kappa shape index (κ3) is 3.87. The van der Waals surface area contributed by atoms with Crippen LogP contribution in [0.25, 0.3) is 10.2 Å². The lowest BCUT2D eigenvalue weighted by Crippen LogP contribution is -2.36. The van der Waals surface area contributed by atoms with Gasteiger partial charge in [-0.3, -0.25) is 19.5 Å². The van der Waals surface area contributed by atoms with Crippen LogP contribution in [0.15, 0.2) is 9.95 Å². The Morgan fingerprint density at radius 1 is 1.28 bits per heavy atom. The molecule has 0 radical (unpaired) electrons. The maximum atomic E-state index is 12.9. The van der Waals surface area contributed by atoms with Gasteiger partial charge in [0, 0.05) is 10.9 Å². The maximum absolute atomic E-state index is 12.9. The Kier molecular flexibility index (Phi) is 5.89. The molecule has 9 heteroatoms. The van der Waals surface area contributed by atoms with Gasteiger partial charge < -0.3 is 4.74 Å². The number of hydrogen-bond donors (Lipinski definition) is 1. The topological polar surface area (TPSA) is 90.3 Å². The number of ether oxygens (including phenoxy) is 1. The number of amides is 2. The fourth-order valence-electron chi connectivity index (χ4n) is 2.29. The van der Waals surface area contributed by atoms with Crippen molar-refractivity contribution in [3.63, 3.8) is 0 Å². The minimum absolute atomic E-state index is 0.107. The number of fused-ring (bicyclic) bond motifs is 1. The van der Waals surface area contributed by atoms with Gasteiger partial charge in [-0.2, -0.15) is 0 Å². The number of rotatable bonds is 4. The molecule has 0 saturated carbocycles. The summed E-state index contributed by atoms with van der Waals surface area (Å²) in [4.78, 5) is 42.5. The summed E-state index contributed by atoms with van der Waals surface area (Å²) >= 11 is 2.61. The summed E-state index contributed by atoms with van der Waals surface area (Å²) < 4.78 is 6.02. The van der Waals surface area contributed by atoms with Gasteiger partial charge in [0.05, 0.1) is 17.7 Å². The van der Waals surface area contributed by atoms with Crippen molar-refractivity contribution in [2.24, 2.45) is 0 Å². The van der Waals surface area contributed by atoms with Crippen molar-refractivity contribution in [1.29, 1.82) is 0 Å². The molecule has 1 atom stereocenters. The summed E-state index contributed by atoms with van der Waals surface area (Å²) in [6.07, 6.45) is -0.813. The molecule has 7 nitrogen and oxygen atoms in total. The standard InChI is InChI=1S/C16H21N3O4S2/c1-7(2)19-14(21)11-8(3)9(4)24-13(11)18-15(19)25-10(5)12(20)17-16(22)23-6/h7,10H,1-6H3,(H,17,20,22)/t10-/m1/s1. The SMILES string of the molecule is COC(=O)NC(=O)[C@@H](C)Sc1nc2sc(C)c(C)c2c(=O)n1C(C)C. The fraction of sp³-hybridized carbons (Fsp3) is 0.500. The zero-order valence-corrected chi connectivity index (χ0v) is 16.6. The Morgan fingerprint density at radius 3 is 2.48 bits per heavy atom. The van der Waals surface area contributed by atoms with Gasteiger partial charge in [0.1, 0.15) is 4.83 Å². The smallest absolute Gasteiger partial charge is 0.413 e. The number of carbonyl (C=O) groups excluding carboxylic acids is 2. The number of methoxy groups -OCH3 is 1. The second-order valence-corrected chi connectivity index (χ2v) is 8.38. The third-order valence-corrected chi connectivity index (χ3v) is 5.95. The Bertz CT molecular complexity index is 886. The van der Waals surface area contributed by atoms with E-state index in [0.717, 1.165) is 22.2 Å². The zero-order valence-electron chi connectivity index (χ0n) is 15.0. The Labute approximate surface area is 153 Å². The van der Waals surface area contributed by atoms with Crippen molar-refractivity contribution in [2.45, 2.75) is 51.1 Å². The van der Waals surface area contributed by atoms with Gasteiger partial charge in [-0.1, -0.05) is 11.8 Å². The number of aromatic nitrogens is 2. The first-order valence-electron chi connectivity index (χ1n) is 7.75. The van der Waals surface area contributed by atoms with Crippen LogP contribution in [-0.2, 0) is 9.53 Å². The van der Waals surface area contributed by atoms with Gasteiger partial charge >= 0.3 is 6.09 Å². The maximum Gasteiger partial charge on any atom is 0.413 e. The van der Waals surface area contributed by atoms with Crippen molar-refractivity contribution < 1.29 is 14.3 Å². The molecule has 0 spiro atoms. The van der Waals surface area contributed by atoms with E-state index in [2.05, 4.69) is 15.0 Å². The Balaban J connectivity index is 2.47. The molecule has 0 aliphatic carbocycles. The van der Waals surface area contributed by atoms with Gasteiger partial charge in [-0.05, 0) is 40.2 Å². The van der Waals surface area contributed by atoms with Gasteiger partial charge in [0.15, 0.2) is 5.16 Å². The van der Waals surface area contributed by atoms with E-state index >= 15 is 0 Å². The highest BCUT2D eigenvalue weighted by atomic mass is 32.2. The highest BCUT2D eigenvalue weighted by Crippen LogP contribution is 2.30. The normalized spacial score (nSPS) is 12.4. The molecule has 0 saturated heterocycles. The lowest BCUT2D eigenvalue weighted by atomic mass is 10.2. The number of thiophene rings is 1. The molecule has 2 aromatic heterocycles. The molecule has 0 aromatic carbocycles. The fourth-order valence-corrected chi connectivity index (χ4v) is 4.40. The number of nitrogens with zero attached hydrogens (tertiary/aromatic N) is 2. The molecule has 0 aliphatic rings. The summed E-state index contributed by atoms with van der Waals surface area (Å²) in [5.74, 6) is -0.500. The van der Waals surface area contributed by atoms with E-state index < -0.39 is 17.3 Å². The van der Waals surface area contributed by atoms with Gasteiger partial charge in [-0.25, -0.2) is 9.78 Å². The molecule has 2 aromatic rings. The minimum Gasteiger partial charge on any atom is -0.453 e. The molecule has 2 heterocycles. The van der Waals surface area contributed by atoms with E-state index in [4.69, 9.17) is 0 Å². The minimum atomic E-state index is -0.813. The highest BCUT2D eigenvalue weighted by Gasteiger charge is 2.23. The van der Waals surface area contributed by atoms with E-state index in [1.807, 2.05) is 27.7 Å². The second kappa shape index (κ2) is 7.57. The van der Waals surface area contributed by atoms with Crippen LogP contribution in [0.1, 0.15) is 37.3 Å². The van der Waals surface area contributed by atoms with Crippen LogP contribution in [-0.4, -0.2) is 33.9 Å². The van der Waals surface area contributed by atoms with Gasteiger partial charge in [-0.15, -0.1) is 11.3 Å². The van der Waals surface area contributed by atoms with Crippen LogP contribution in [0.3, 0.4) is 0 Å². The van der Waals surface area contributed by atoms with Gasteiger partial charge in [0.25, 0.3) is 5.56 Å². The van der Waals surface area contributed by atoms with Crippen molar-refractivity contribution in [3.8, 4) is 0 Å². The molecule has 2 amide bonds. The average molecular weight is 383 g/mol. The van der Waals surface area contributed by atoms with Crippen LogP contribution in [0.5, 0.6) is 0 Å². The molecular formula is C16H21N3O4S2. The summed E-state index contributed by atoms with van der Waals surface area (Å²) in [5.41, 5.74) is 0.838. The molecule has 25 heavy (non-hydrogen) atoms. The van der Waals surface area contributed by atoms with E-state index in [9.17, 15) is 14.4 Å². The molecular weight excluding hydrogens is 362 g/mol. The number of hydrogen-bond acceptors (Lipinski definition) is 7. The van der Waals surface area contributed by atoms with Crippen LogP contribution >= 0.6 is 23.1 Å². The lowest BCUT2D eigenvalue weighted by molar-refractivity contribution is -0.119. The number of nitrogens with one attached hydrogen (secondary N) is 1. The number of imide groups is 1. The summed E-state index contributed by atoms with van der Waals surface area (Å²) in [6, 6.07) is -0.109. The first-order valence-corrected chi connectivity index (χ1v) is 9.44. The molecule has 2 rings (SSSR count). The third-order valence-electron chi connectivity index (χ3n) is 3.78. The number of alkyl carbamates (subject to hydrolysis) is 1. The van der Waals surface area contributed by atoms with Crippen LogP contribution in [0, 0.1) is 13.8 Å². The predicted octanol–water partition coefficient (Wildman–Crippen LogP) is 3.02. The molecule has 136 valence electrons. The molecule has 0 aliphatic heterocycles.